The van der Waals surface area contributed by atoms with Crippen molar-refractivity contribution >= 4 is 36.5 Å². The molecule has 1 amide bonds. The van der Waals surface area contributed by atoms with Crippen LogP contribution in [0.25, 0.3) is 11.1 Å². The van der Waals surface area contributed by atoms with Crippen molar-refractivity contribution in [2.75, 3.05) is 5.32 Å². The Balaban J connectivity index is 1.73. The first-order chi connectivity index (χ1) is 12.4. The number of aromatic nitrogens is 1. The van der Waals surface area contributed by atoms with E-state index in [1.807, 2.05) is 50.2 Å². The number of carbonyl (C=O) groups is 1. The van der Waals surface area contributed by atoms with Crippen molar-refractivity contribution in [3.05, 3.63) is 77.1 Å². The zero-order chi connectivity index (χ0) is 18.7. The molecule has 1 N–H and O–H groups in total. The predicted molar refractivity (Wildman–Crippen MR) is 108 cm³/mol. The van der Waals surface area contributed by atoms with Crippen LogP contribution in [-0.4, -0.2) is 18.7 Å². The molecule has 3 rings (SSSR count). The molecule has 0 aliphatic rings. The highest BCUT2D eigenvalue weighted by molar-refractivity contribution is 6.36. The summed E-state index contributed by atoms with van der Waals surface area (Å²) in [5.74, 6) is -0.474. The Morgan fingerprint density at radius 2 is 1.81 bits per heavy atom. The highest BCUT2D eigenvalue weighted by Crippen LogP contribution is 2.23. The van der Waals surface area contributed by atoms with Gasteiger partial charge in [0.05, 0.1) is 5.92 Å². The Morgan fingerprint density at radius 3 is 2.46 bits per heavy atom. The number of hydrogen-bond donors (Lipinski definition) is 1. The summed E-state index contributed by atoms with van der Waals surface area (Å²) in [6, 6.07) is 16.9. The smallest absolute Gasteiger partial charge is 0.231 e. The van der Waals surface area contributed by atoms with Crippen molar-refractivity contribution in [3.63, 3.8) is 0 Å². The lowest BCUT2D eigenvalue weighted by molar-refractivity contribution is -0.117. The van der Waals surface area contributed by atoms with Crippen molar-refractivity contribution < 1.29 is 4.79 Å². The molecule has 1 unspecified atom stereocenters. The topological polar surface area (TPSA) is 42.0 Å². The first-order valence-corrected chi connectivity index (χ1v) is 8.70. The molecule has 3 aromatic rings. The summed E-state index contributed by atoms with van der Waals surface area (Å²) < 4.78 is 0. The molecule has 0 aliphatic heterocycles. The SMILES string of the molecule is [B]c1cc(Cl)cc(C(C)C(=O)Nc2ccc(-c3ccnc(C)c3)cc2)c1. The largest absolute Gasteiger partial charge is 0.326 e. The number of anilines is 1. The van der Waals surface area contributed by atoms with Gasteiger partial charge in [0.15, 0.2) is 0 Å². The average molecular weight is 361 g/mol. The molecule has 5 heteroatoms. The molecule has 1 aromatic heterocycles. The fourth-order valence-electron chi connectivity index (χ4n) is 2.76. The van der Waals surface area contributed by atoms with Crippen LogP contribution in [0.5, 0.6) is 0 Å². The van der Waals surface area contributed by atoms with Gasteiger partial charge in [0.25, 0.3) is 0 Å². The summed E-state index contributed by atoms with van der Waals surface area (Å²) in [6.45, 7) is 3.79. The lowest BCUT2D eigenvalue weighted by atomic mass is 9.90. The normalized spacial score (nSPS) is 11.8. The Kier molecular flexibility index (Phi) is 5.43. The fraction of sp³-hybridized carbons (Fsp3) is 0.143. The molecule has 1 heterocycles. The summed E-state index contributed by atoms with van der Waals surface area (Å²) in [5, 5.41) is 3.46. The molecule has 3 nitrogen and oxygen atoms in total. The number of nitrogens with one attached hydrogen (secondary N) is 1. The molecule has 0 spiro atoms. The molecule has 0 saturated heterocycles. The Morgan fingerprint density at radius 1 is 1.08 bits per heavy atom. The van der Waals surface area contributed by atoms with Crippen molar-refractivity contribution in [1.82, 2.24) is 4.98 Å². The van der Waals surface area contributed by atoms with Gasteiger partial charge >= 0.3 is 0 Å². The second-order valence-electron chi connectivity index (χ2n) is 6.29. The standard InChI is InChI=1S/C21H18BClN2O/c1-13-9-16(7-8-24-13)15-3-5-20(6-4-15)25-21(26)14(2)17-10-18(22)12-19(23)11-17/h3-12,14H,1-2H3,(H,25,26). The summed E-state index contributed by atoms with van der Waals surface area (Å²) in [4.78, 5) is 16.7. The highest BCUT2D eigenvalue weighted by atomic mass is 35.5. The van der Waals surface area contributed by atoms with Crippen LogP contribution in [0, 0.1) is 6.92 Å². The molecule has 0 fully saturated rings. The number of rotatable bonds is 4. The Hall–Kier alpha value is -2.59. The zero-order valence-electron chi connectivity index (χ0n) is 14.7. The van der Waals surface area contributed by atoms with Gasteiger partial charge in [-0.05, 0) is 60.9 Å². The van der Waals surface area contributed by atoms with Crippen molar-refractivity contribution in [1.29, 1.82) is 0 Å². The van der Waals surface area contributed by atoms with E-state index in [-0.39, 0.29) is 11.8 Å². The number of halogens is 1. The zero-order valence-corrected chi connectivity index (χ0v) is 15.4. The van der Waals surface area contributed by atoms with Crippen LogP contribution in [0.15, 0.2) is 60.8 Å². The van der Waals surface area contributed by atoms with Crippen LogP contribution in [0.1, 0.15) is 24.1 Å². The lowest BCUT2D eigenvalue weighted by Crippen LogP contribution is -2.20. The second kappa shape index (κ2) is 7.75. The van der Waals surface area contributed by atoms with E-state index < -0.39 is 0 Å². The minimum Gasteiger partial charge on any atom is -0.326 e. The first-order valence-electron chi connectivity index (χ1n) is 8.32. The van der Waals surface area contributed by atoms with Crippen LogP contribution in [0.4, 0.5) is 5.69 Å². The third-order valence-corrected chi connectivity index (χ3v) is 4.44. The maximum Gasteiger partial charge on any atom is 0.231 e. The van der Waals surface area contributed by atoms with Crippen molar-refractivity contribution in [2.45, 2.75) is 19.8 Å². The van der Waals surface area contributed by atoms with E-state index >= 15 is 0 Å². The van der Waals surface area contributed by atoms with Gasteiger partial charge in [0.2, 0.25) is 5.91 Å². The van der Waals surface area contributed by atoms with E-state index in [0.29, 0.717) is 10.5 Å². The van der Waals surface area contributed by atoms with Gasteiger partial charge in [-0.3, -0.25) is 9.78 Å². The first kappa shape index (κ1) is 18.2. The van der Waals surface area contributed by atoms with Crippen LogP contribution in [0.3, 0.4) is 0 Å². The maximum atomic E-state index is 12.5. The number of nitrogens with zero attached hydrogens (tertiary/aromatic N) is 1. The number of hydrogen-bond acceptors (Lipinski definition) is 2. The van der Waals surface area contributed by atoms with Gasteiger partial charge in [-0.1, -0.05) is 41.3 Å². The van der Waals surface area contributed by atoms with Crippen molar-refractivity contribution in [3.8, 4) is 11.1 Å². The van der Waals surface area contributed by atoms with Crippen LogP contribution in [0.2, 0.25) is 5.02 Å². The minimum absolute atomic E-state index is 0.112. The maximum absolute atomic E-state index is 12.5. The number of pyridine rings is 1. The number of benzene rings is 2. The average Bonchev–Trinajstić information content (AvgIpc) is 2.61. The quantitative estimate of drug-likeness (QED) is 0.707. The lowest BCUT2D eigenvalue weighted by Gasteiger charge is -2.14. The van der Waals surface area contributed by atoms with Gasteiger partial charge < -0.3 is 5.32 Å². The van der Waals surface area contributed by atoms with Gasteiger partial charge in [0.1, 0.15) is 7.85 Å². The third kappa shape index (κ3) is 4.33. The van der Waals surface area contributed by atoms with Gasteiger partial charge in [0, 0.05) is 22.6 Å². The van der Waals surface area contributed by atoms with E-state index in [0.717, 1.165) is 28.1 Å². The number of aryl methyl sites for hydroxylation is 1. The molecule has 1 atom stereocenters. The monoisotopic (exact) mass is 360 g/mol. The molecular formula is C21H18BClN2O. The Labute approximate surface area is 159 Å². The summed E-state index contributed by atoms with van der Waals surface area (Å²) in [5.41, 5.74) is 5.21. The van der Waals surface area contributed by atoms with Crippen LogP contribution >= 0.6 is 11.6 Å². The van der Waals surface area contributed by atoms with E-state index in [2.05, 4.69) is 10.3 Å². The molecule has 2 radical (unpaired) electrons. The molecule has 0 bridgehead atoms. The second-order valence-corrected chi connectivity index (χ2v) is 6.73. The molecule has 26 heavy (non-hydrogen) atoms. The molecule has 0 saturated carbocycles. The highest BCUT2D eigenvalue weighted by Gasteiger charge is 2.16. The summed E-state index contributed by atoms with van der Waals surface area (Å²) in [7, 11) is 5.81. The van der Waals surface area contributed by atoms with E-state index in [1.54, 1.807) is 24.4 Å². The summed E-state index contributed by atoms with van der Waals surface area (Å²) in [6.07, 6.45) is 1.79. The Bertz CT molecular complexity index is 921. The van der Waals surface area contributed by atoms with Gasteiger partial charge in [-0.15, -0.1) is 0 Å². The third-order valence-electron chi connectivity index (χ3n) is 4.22. The van der Waals surface area contributed by atoms with E-state index in [1.165, 1.54) is 0 Å². The molecule has 2 aromatic carbocycles. The molecular weight excluding hydrogens is 343 g/mol. The summed E-state index contributed by atoms with van der Waals surface area (Å²) >= 11 is 6.03. The fourth-order valence-corrected chi connectivity index (χ4v) is 3.01. The number of carbonyl (C=O) groups excluding carboxylic acids is 1. The molecule has 0 aliphatic carbocycles. The van der Waals surface area contributed by atoms with Crippen LogP contribution < -0.4 is 10.8 Å². The van der Waals surface area contributed by atoms with E-state index in [9.17, 15) is 4.79 Å². The van der Waals surface area contributed by atoms with Gasteiger partial charge in [-0.2, -0.15) is 0 Å². The number of amides is 1. The predicted octanol–water partition coefficient (Wildman–Crippen LogP) is 4.25. The minimum atomic E-state index is -0.362. The molecule has 128 valence electrons. The van der Waals surface area contributed by atoms with Gasteiger partial charge in [-0.25, -0.2) is 0 Å². The van der Waals surface area contributed by atoms with Crippen molar-refractivity contribution in [2.24, 2.45) is 0 Å². The van der Waals surface area contributed by atoms with Crippen LogP contribution in [-0.2, 0) is 4.79 Å². The van der Waals surface area contributed by atoms with E-state index in [4.69, 9.17) is 19.4 Å².